The predicted octanol–water partition coefficient (Wildman–Crippen LogP) is 3.45. The van der Waals surface area contributed by atoms with Crippen molar-refractivity contribution >= 4 is 5.91 Å². The number of halogens is 3. The maximum atomic E-state index is 13.6. The van der Waals surface area contributed by atoms with Crippen molar-refractivity contribution in [2.45, 2.75) is 38.4 Å². The summed E-state index contributed by atoms with van der Waals surface area (Å²) in [6.45, 7) is 3.34. The summed E-state index contributed by atoms with van der Waals surface area (Å²) in [7, 11) is 1.94. The molecule has 1 aliphatic heterocycles. The van der Waals surface area contributed by atoms with E-state index in [1.165, 1.54) is 4.68 Å². The van der Waals surface area contributed by atoms with Gasteiger partial charge in [-0.25, -0.2) is 0 Å². The molecular weight excluding hydrogens is 369 g/mol. The molecule has 1 atom stereocenters. The van der Waals surface area contributed by atoms with Gasteiger partial charge < -0.3 is 10.2 Å². The van der Waals surface area contributed by atoms with Crippen molar-refractivity contribution in [2.75, 3.05) is 26.7 Å². The summed E-state index contributed by atoms with van der Waals surface area (Å²) < 4.78 is 42.1. The zero-order chi connectivity index (χ0) is 20.3. The summed E-state index contributed by atoms with van der Waals surface area (Å²) in [6, 6.07) is 9.32. The van der Waals surface area contributed by atoms with Crippen LogP contribution in [0.2, 0.25) is 0 Å². The Balaban J connectivity index is 1.80. The molecule has 0 aliphatic carbocycles. The molecule has 5 nitrogen and oxygen atoms in total. The predicted molar refractivity (Wildman–Crippen MR) is 100 cm³/mol. The summed E-state index contributed by atoms with van der Waals surface area (Å²) in [5, 5.41) is 6.45. The fourth-order valence-electron chi connectivity index (χ4n) is 3.74. The summed E-state index contributed by atoms with van der Waals surface area (Å²) in [5.41, 5.74) is -0.189. The molecule has 0 saturated carbocycles. The largest absolute Gasteiger partial charge is 0.435 e. The Hall–Kier alpha value is -2.35. The van der Waals surface area contributed by atoms with Gasteiger partial charge in [-0.05, 0) is 45.3 Å². The van der Waals surface area contributed by atoms with Crippen LogP contribution in [-0.4, -0.2) is 47.3 Å². The van der Waals surface area contributed by atoms with Gasteiger partial charge in [0, 0.05) is 18.8 Å². The molecule has 152 valence electrons. The number of hydrogen-bond acceptors (Lipinski definition) is 3. The Labute approximate surface area is 162 Å². The van der Waals surface area contributed by atoms with Gasteiger partial charge in [-0.2, -0.15) is 18.3 Å². The van der Waals surface area contributed by atoms with Gasteiger partial charge in [-0.15, -0.1) is 0 Å². The van der Waals surface area contributed by atoms with Crippen LogP contribution in [0.3, 0.4) is 0 Å². The van der Waals surface area contributed by atoms with Crippen LogP contribution in [0.4, 0.5) is 13.2 Å². The van der Waals surface area contributed by atoms with E-state index in [9.17, 15) is 18.0 Å². The lowest BCUT2D eigenvalue weighted by atomic mass is 10.1. The third-order valence-electron chi connectivity index (χ3n) is 5.13. The number of carbonyl (C=O) groups excluding carboxylic acids is 1. The van der Waals surface area contributed by atoms with Crippen LogP contribution in [-0.2, 0) is 12.6 Å². The number of nitrogens with zero attached hydrogens (tertiary/aromatic N) is 3. The molecule has 0 radical (unpaired) electrons. The first-order valence-corrected chi connectivity index (χ1v) is 9.44. The maximum absolute atomic E-state index is 13.6. The van der Waals surface area contributed by atoms with Gasteiger partial charge in [-0.1, -0.05) is 30.3 Å². The van der Waals surface area contributed by atoms with Gasteiger partial charge in [-0.3, -0.25) is 9.48 Å². The summed E-state index contributed by atoms with van der Waals surface area (Å²) >= 11 is 0. The number of hydrogen-bond donors (Lipinski definition) is 1. The topological polar surface area (TPSA) is 50.2 Å². The molecule has 1 saturated heterocycles. The van der Waals surface area contributed by atoms with Crippen LogP contribution in [0, 0.1) is 6.92 Å². The Kier molecular flexibility index (Phi) is 6.07. The molecule has 1 unspecified atom stereocenters. The van der Waals surface area contributed by atoms with E-state index >= 15 is 0 Å². The van der Waals surface area contributed by atoms with Crippen molar-refractivity contribution in [1.82, 2.24) is 20.0 Å². The van der Waals surface area contributed by atoms with E-state index in [0.717, 1.165) is 24.9 Å². The van der Waals surface area contributed by atoms with Crippen LogP contribution in [0.15, 0.2) is 30.3 Å². The van der Waals surface area contributed by atoms with E-state index in [-0.39, 0.29) is 23.8 Å². The molecule has 28 heavy (non-hydrogen) atoms. The highest BCUT2D eigenvalue weighted by molar-refractivity contribution is 5.96. The highest BCUT2D eigenvalue weighted by Gasteiger charge is 2.41. The number of carbonyl (C=O) groups is 1. The van der Waals surface area contributed by atoms with Crippen molar-refractivity contribution < 1.29 is 18.0 Å². The minimum absolute atomic E-state index is 0.161. The molecule has 1 aromatic carbocycles. The minimum Gasteiger partial charge on any atom is -0.352 e. The van der Waals surface area contributed by atoms with Gasteiger partial charge in [0.2, 0.25) is 0 Å². The van der Waals surface area contributed by atoms with Gasteiger partial charge in [0.15, 0.2) is 5.69 Å². The summed E-state index contributed by atoms with van der Waals surface area (Å²) in [6.07, 6.45) is -2.49. The van der Waals surface area contributed by atoms with Gasteiger partial charge in [0.05, 0.1) is 11.6 Å². The lowest BCUT2D eigenvalue weighted by Gasteiger charge is -2.30. The highest BCUT2D eigenvalue weighted by atomic mass is 19.4. The van der Waals surface area contributed by atoms with Crippen molar-refractivity contribution in [2.24, 2.45) is 0 Å². The minimum atomic E-state index is -4.68. The first-order chi connectivity index (χ1) is 13.3. The average Bonchev–Trinajstić information content (AvgIpc) is 3.00. The molecule has 1 amide bonds. The van der Waals surface area contributed by atoms with Gasteiger partial charge in [0.25, 0.3) is 5.91 Å². The van der Waals surface area contributed by atoms with E-state index in [2.05, 4.69) is 15.3 Å². The first kappa shape index (κ1) is 20.4. The standard InChI is InChI=1S/C20H25F3N4O/c1-14-17(19(28)24-11-10-15-7-4-3-5-8-15)18(20(21,22)23)25-27(14)16-9-6-12-26(2)13-16/h3-5,7-8,16H,6,9-13H2,1-2H3,(H,24,28). The number of benzene rings is 1. The van der Waals surface area contributed by atoms with Crippen molar-refractivity contribution in [3.63, 3.8) is 0 Å². The van der Waals surface area contributed by atoms with Crippen LogP contribution < -0.4 is 5.32 Å². The van der Waals surface area contributed by atoms with E-state index < -0.39 is 17.8 Å². The third-order valence-corrected chi connectivity index (χ3v) is 5.13. The number of amides is 1. The SMILES string of the molecule is Cc1c(C(=O)NCCc2ccccc2)c(C(F)(F)F)nn1C1CCCN(C)C1. The van der Waals surface area contributed by atoms with E-state index in [0.29, 0.717) is 13.0 Å². The first-order valence-electron chi connectivity index (χ1n) is 9.44. The average molecular weight is 394 g/mol. The highest BCUT2D eigenvalue weighted by Crippen LogP contribution is 2.34. The quantitative estimate of drug-likeness (QED) is 0.845. The van der Waals surface area contributed by atoms with E-state index in [4.69, 9.17) is 0 Å². The number of alkyl halides is 3. The van der Waals surface area contributed by atoms with Gasteiger partial charge >= 0.3 is 6.18 Å². The molecule has 0 spiro atoms. The molecule has 1 N–H and O–H groups in total. The number of likely N-dealkylation sites (tertiary alicyclic amines) is 1. The molecule has 3 rings (SSSR count). The third kappa shape index (κ3) is 4.55. The van der Waals surface area contributed by atoms with Crippen molar-refractivity contribution in [1.29, 1.82) is 0 Å². The monoisotopic (exact) mass is 394 g/mol. The van der Waals surface area contributed by atoms with E-state index in [1.807, 2.05) is 37.4 Å². The molecule has 0 bridgehead atoms. The summed E-state index contributed by atoms with van der Waals surface area (Å²) in [5.74, 6) is -0.726. The molecule has 2 aromatic rings. The fourth-order valence-corrected chi connectivity index (χ4v) is 3.74. The van der Waals surface area contributed by atoms with Gasteiger partial charge in [0.1, 0.15) is 0 Å². The lowest BCUT2D eigenvalue weighted by molar-refractivity contribution is -0.142. The second-order valence-electron chi connectivity index (χ2n) is 7.30. The van der Waals surface area contributed by atoms with Crippen LogP contribution in [0.5, 0.6) is 0 Å². The molecule has 8 heteroatoms. The second-order valence-corrected chi connectivity index (χ2v) is 7.30. The number of likely N-dealkylation sites (N-methyl/N-ethyl adjacent to an activating group) is 1. The van der Waals surface area contributed by atoms with Crippen LogP contribution in [0.25, 0.3) is 0 Å². The molecular formula is C20H25F3N4O. The summed E-state index contributed by atoms with van der Waals surface area (Å²) in [4.78, 5) is 14.7. The number of aromatic nitrogens is 2. The Morgan fingerprint density at radius 3 is 2.64 bits per heavy atom. The number of rotatable bonds is 5. The zero-order valence-corrected chi connectivity index (χ0v) is 16.1. The second kappa shape index (κ2) is 8.34. The van der Waals surface area contributed by atoms with Crippen molar-refractivity contribution in [3.8, 4) is 0 Å². The lowest BCUT2D eigenvalue weighted by Crippen LogP contribution is -2.34. The smallest absolute Gasteiger partial charge is 0.352 e. The molecule has 1 aliphatic rings. The Morgan fingerprint density at radius 2 is 2.00 bits per heavy atom. The normalized spacial score (nSPS) is 18.2. The van der Waals surface area contributed by atoms with Crippen LogP contribution >= 0.6 is 0 Å². The Morgan fingerprint density at radius 1 is 1.29 bits per heavy atom. The zero-order valence-electron chi connectivity index (χ0n) is 16.1. The number of piperidine rings is 1. The molecule has 2 heterocycles. The van der Waals surface area contributed by atoms with Crippen molar-refractivity contribution in [3.05, 3.63) is 52.8 Å². The maximum Gasteiger partial charge on any atom is 0.435 e. The Bertz CT molecular complexity index is 817. The van der Waals surface area contributed by atoms with E-state index in [1.54, 1.807) is 6.92 Å². The number of nitrogens with one attached hydrogen (secondary N) is 1. The molecule has 1 aromatic heterocycles. The molecule has 1 fully saturated rings. The fraction of sp³-hybridized carbons (Fsp3) is 0.500. The van der Waals surface area contributed by atoms with Crippen LogP contribution in [0.1, 0.15) is 46.2 Å².